The summed E-state index contributed by atoms with van der Waals surface area (Å²) < 4.78 is 16.8. The van der Waals surface area contributed by atoms with Crippen molar-refractivity contribution < 1.29 is 19.7 Å². The van der Waals surface area contributed by atoms with Crippen molar-refractivity contribution in [3.8, 4) is 0 Å². The van der Waals surface area contributed by atoms with Crippen LogP contribution < -0.4 is 0 Å². The third-order valence-electron chi connectivity index (χ3n) is 5.80. The van der Waals surface area contributed by atoms with Gasteiger partial charge in [0.25, 0.3) is 0 Å². The SMILES string of the molecule is CC1=C(Br)C=C(Br)C(C)C1(OCCO)C1(OCCO)C(C)=C(Br)C=C(Br)C1C. The van der Waals surface area contributed by atoms with Gasteiger partial charge in [0.05, 0.1) is 26.4 Å². The standard InChI is InChI=1S/C20H26Br4O4/c1-11-15(21)9-16(22)12(2)19(11,27-7-5-25)20(28-8-6-26)13(3)17(23)10-18(24)14(20)4/h9-11,13,25-26H,5-8H2,1-4H3. The van der Waals surface area contributed by atoms with Gasteiger partial charge in [-0.25, -0.2) is 0 Å². The zero-order chi connectivity index (χ0) is 21.3. The molecule has 0 aromatic carbocycles. The highest BCUT2D eigenvalue weighted by atomic mass is 79.9. The predicted octanol–water partition coefficient (Wildman–Crippen LogP) is 5.68. The Hall–Kier alpha value is 0.720. The van der Waals surface area contributed by atoms with Gasteiger partial charge < -0.3 is 19.7 Å². The molecule has 0 bridgehead atoms. The second kappa shape index (κ2) is 9.90. The fraction of sp³-hybridized carbons (Fsp3) is 0.600. The maximum Gasteiger partial charge on any atom is 0.131 e. The third kappa shape index (κ3) is 3.85. The van der Waals surface area contributed by atoms with Crippen LogP contribution in [0.25, 0.3) is 0 Å². The van der Waals surface area contributed by atoms with E-state index in [1.807, 2.05) is 26.0 Å². The van der Waals surface area contributed by atoms with Crippen molar-refractivity contribution in [3.63, 3.8) is 0 Å². The number of hydrogen-bond acceptors (Lipinski definition) is 4. The van der Waals surface area contributed by atoms with Gasteiger partial charge in [-0.1, -0.05) is 77.6 Å². The number of aliphatic hydroxyl groups excluding tert-OH is 2. The zero-order valence-electron chi connectivity index (χ0n) is 16.4. The van der Waals surface area contributed by atoms with E-state index >= 15 is 0 Å². The molecule has 0 aromatic heterocycles. The van der Waals surface area contributed by atoms with Gasteiger partial charge in [-0.3, -0.25) is 0 Å². The van der Waals surface area contributed by atoms with E-state index in [0.29, 0.717) is 0 Å². The fourth-order valence-corrected chi connectivity index (χ4v) is 7.20. The van der Waals surface area contributed by atoms with Crippen molar-refractivity contribution >= 4 is 63.7 Å². The summed E-state index contributed by atoms with van der Waals surface area (Å²) in [6.45, 7) is 8.33. The molecule has 2 aliphatic rings. The summed E-state index contributed by atoms with van der Waals surface area (Å²) in [5, 5.41) is 19.2. The molecule has 4 nitrogen and oxygen atoms in total. The van der Waals surface area contributed by atoms with Crippen LogP contribution in [0.3, 0.4) is 0 Å². The summed E-state index contributed by atoms with van der Waals surface area (Å²) in [6, 6.07) is 0. The number of ether oxygens (including phenoxy) is 2. The van der Waals surface area contributed by atoms with Crippen LogP contribution in [0.15, 0.2) is 41.2 Å². The minimum atomic E-state index is -0.923. The Morgan fingerprint density at radius 3 is 1.39 bits per heavy atom. The Morgan fingerprint density at radius 1 is 0.786 bits per heavy atom. The highest BCUT2D eigenvalue weighted by molar-refractivity contribution is 9.12. The molecule has 0 radical (unpaired) electrons. The zero-order valence-corrected chi connectivity index (χ0v) is 22.7. The van der Waals surface area contributed by atoms with Gasteiger partial charge in [0.1, 0.15) is 11.2 Å². The number of halogens is 4. The van der Waals surface area contributed by atoms with E-state index in [4.69, 9.17) is 9.47 Å². The van der Waals surface area contributed by atoms with Crippen LogP contribution in [0, 0.1) is 11.8 Å². The lowest BCUT2D eigenvalue weighted by Crippen LogP contribution is -2.67. The van der Waals surface area contributed by atoms with E-state index in [-0.39, 0.29) is 38.3 Å². The van der Waals surface area contributed by atoms with Crippen LogP contribution in [0.2, 0.25) is 0 Å². The average Bonchev–Trinajstić information content (AvgIpc) is 2.66. The van der Waals surface area contributed by atoms with Gasteiger partial charge in [-0.05, 0) is 37.1 Å². The molecule has 0 aliphatic heterocycles. The smallest absolute Gasteiger partial charge is 0.131 e. The molecule has 2 rings (SSSR count). The van der Waals surface area contributed by atoms with Crippen molar-refractivity contribution in [2.24, 2.45) is 11.8 Å². The molecule has 4 unspecified atom stereocenters. The average molecular weight is 650 g/mol. The molecular weight excluding hydrogens is 624 g/mol. The molecule has 4 atom stereocenters. The Bertz CT molecular complexity index is 680. The maximum absolute atomic E-state index is 9.61. The van der Waals surface area contributed by atoms with E-state index in [0.717, 1.165) is 29.1 Å². The first-order chi connectivity index (χ1) is 13.1. The topological polar surface area (TPSA) is 58.9 Å². The Morgan fingerprint density at radius 2 is 1.11 bits per heavy atom. The minimum absolute atomic E-state index is 0.102. The highest BCUT2D eigenvalue weighted by Crippen LogP contribution is 2.59. The molecule has 28 heavy (non-hydrogen) atoms. The van der Waals surface area contributed by atoms with Gasteiger partial charge in [0.2, 0.25) is 0 Å². The fourth-order valence-electron chi connectivity index (χ4n) is 4.40. The molecule has 2 N–H and O–H groups in total. The van der Waals surface area contributed by atoms with Crippen molar-refractivity contribution in [2.75, 3.05) is 26.4 Å². The van der Waals surface area contributed by atoms with Crippen molar-refractivity contribution in [3.05, 3.63) is 41.2 Å². The normalized spacial score (nSPS) is 33.9. The molecular formula is C20H26Br4O4. The summed E-state index contributed by atoms with van der Waals surface area (Å²) >= 11 is 14.8. The summed E-state index contributed by atoms with van der Waals surface area (Å²) in [5.41, 5.74) is 0.104. The van der Waals surface area contributed by atoms with Crippen LogP contribution in [0.5, 0.6) is 0 Å². The summed E-state index contributed by atoms with van der Waals surface area (Å²) in [4.78, 5) is 0. The Kier molecular flexibility index (Phi) is 8.83. The van der Waals surface area contributed by atoms with Gasteiger partial charge >= 0.3 is 0 Å². The van der Waals surface area contributed by atoms with E-state index in [1.54, 1.807) is 0 Å². The molecule has 2 aliphatic carbocycles. The first-order valence-electron chi connectivity index (χ1n) is 9.09. The van der Waals surface area contributed by atoms with Gasteiger partial charge in [0, 0.05) is 29.8 Å². The molecule has 0 aromatic rings. The van der Waals surface area contributed by atoms with Gasteiger partial charge in [0.15, 0.2) is 0 Å². The number of aliphatic hydroxyl groups is 2. The molecule has 8 heteroatoms. The lowest BCUT2D eigenvalue weighted by Gasteiger charge is -2.58. The summed E-state index contributed by atoms with van der Waals surface area (Å²) in [7, 11) is 0. The molecule has 0 saturated heterocycles. The van der Waals surface area contributed by atoms with Crippen LogP contribution >= 0.6 is 63.7 Å². The van der Waals surface area contributed by atoms with Crippen LogP contribution in [-0.2, 0) is 9.47 Å². The summed E-state index contributed by atoms with van der Waals surface area (Å²) in [5.74, 6) is -0.203. The van der Waals surface area contributed by atoms with E-state index in [1.165, 1.54) is 0 Å². The highest BCUT2D eigenvalue weighted by Gasteiger charge is 2.64. The van der Waals surface area contributed by atoms with Crippen molar-refractivity contribution in [2.45, 2.75) is 38.9 Å². The van der Waals surface area contributed by atoms with Crippen LogP contribution in [-0.4, -0.2) is 47.8 Å². The number of hydrogen-bond donors (Lipinski definition) is 2. The molecule has 0 spiro atoms. The molecule has 0 saturated carbocycles. The second-order valence-corrected chi connectivity index (χ2v) is 10.6. The lowest BCUT2D eigenvalue weighted by atomic mass is 9.59. The van der Waals surface area contributed by atoms with E-state index in [2.05, 4.69) is 77.6 Å². The maximum atomic E-state index is 9.61. The van der Waals surface area contributed by atoms with E-state index < -0.39 is 11.2 Å². The van der Waals surface area contributed by atoms with Crippen LogP contribution in [0.4, 0.5) is 0 Å². The third-order valence-corrected chi connectivity index (χ3v) is 9.28. The molecule has 0 heterocycles. The minimum Gasteiger partial charge on any atom is -0.394 e. The van der Waals surface area contributed by atoms with E-state index in [9.17, 15) is 10.2 Å². The first kappa shape index (κ1) is 25.0. The lowest BCUT2D eigenvalue weighted by molar-refractivity contribution is -0.210. The second-order valence-electron chi connectivity index (χ2n) is 7.06. The largest absolute Gasteiger partial charge is 0.394 e. The van der Waals surface area contributed by atoms with Crippen LogP contribution in [0.1, 0.15) is 27.7 Å². The Labute approximate surface area is 200 Å². The van der Waals surface area contributed by atoms with Gasteiger partial charge in [-0.15, -0.1) is 0 Å². The Balaban J connectivity index is 2.91. The molecule has 0 fully saturated rings. The monoisotopic (exact) mass is 646 g/mol. The number of rotatable bonds is 7. The molecule has 158 valence electrons. The quantitative estimate of drug-likeness (QED) is 0.373. The predicted molar refractivity (Wildman–Crippen MR) is 127 cm³/mol. The van der Waals surface area contributed by atoms with Crippen molar-refractivity contribution in [1.82, 2.24) is 0 Å². The van der Waals surface area contributed by atoms with Gasteiger partial charge in [-0.2, -0.15) is 0 Å². The number of allylic oxidation sites excluding steroid dienone is 4. The first-order valence-corrected chi connectivity index (χ1v) is 12.3. The summed E-state index contributed by atoms with van der Waals surface area (Å²) in [6.07, 6.45) is 4.07. The molecule has 0 amide bonds. The van der Waals surface area contributed by atoms with Crippen molar-refractivity contribution in [1.29, 1.82) is 0 Å².